The fourth-order valence-electron chi connectivity index (χ4n) is 8.56. The number of nitrogens with two attached hydrogens (primary N) is 4. The summed E-state index contributed by atoms with van der Waals surface area (Å²) in [4.78, 5) is 50.7. The van der Waals surface area contributed by atoms with E-state index in [9.17, 15) is 10.2 Å². The van der Waals surface area contributed by atoms with Gasteiger partial charge in [-0.3, -0.25) is 4.98 Å². The van der Waals surface area contributed by atoms with Crippen molar-refractivity contribution in [1.29, 1.82) is 0 Å². The second-order valence-corrected chi connectivity index (χ2v) is 23.1. The van der Waals surface area contributed by atoms with Gasteiger partial charge in [-0.1, -0.05) is 75.2 Å². The number of aryl methyl sites for hydroxylation is 2. The first kappa shape index (κ1) is 73.6. The number of anilines is 6. The van der Waals surface area contributed by atoms with E-state index in [0.717, 1.165) is 46.4 Å². The molecule has 0 saturated carbocycles. The van der Waals surface area contributed by atoms with Crippen LogP contribution >= 0.6 is 15.9 Å². The summed E-state index contributed by atoms with van der Waals surface area (Å²) in [7, 11) is 1.55. The largest absolute Gasteiger partial charge is 0.481 e. The molecule has 0 aliphatic heterocycles. The molecular weight excluding hydrogens is 1240 g/mol. The molecule has 26 heteroatoms. The molecule has 0 spiro atoms. The van der Waals surface area contributed by atoms with E-state index in [2.05, 4.69) is 134 Å². The average Bonchev–Trinajstić information content (AvgIpc) is 1.16. The van der Waals surface area contributed by atoms with E-state index in [1.807, 2.05) is 73.0 Å². The minimum atomic E-state index is -0.122. The zero-order valence-electron chi connectivity index (χ0n) is 55.3. The number of rotatable bonds is 24. The van der Waals surface area contributed by atoms with Crippen molar-refractivity contribution in [2.45, 2.75) is 158 Å². The number of nitrogens with zero attached hydrogens (tertiary/aromatic N) is 12. The lowest BCUT2D eigenvalue weighted by molar-refractivity contribution is 0.0732. The number of hydrogen-bond acceptors (Lipinski definition) is 25. The highest BCUT2D eigenvalue weighted by Gasteiger charge is 2.20. The van der Waals surface area contributed by atoms with Crippen molar-refractivity contribution in [3.8, 4) is 52.7 Å². The zero-order chi connectivity index (χ0) is 67.8. The lowest BCUT2D eigenvalue weighted by Crippen LogP contribution is -2.24. The molecule has 0 fully saturated rings. The van der Waals surface area contributed by atoms with Gasteiger partial charge in [0.2, 0.25) is 17.8 Å². The number of nitrogen functional groups attached to an aromatic ring is 4. The maximum absolute atomic E-state index is 9.25. The summed E-state index contributed by atoms with van der Waals surface area (Å²) in [6.45, 7) is 28.7. The van der Waals surface area contributed by atoms with Gasteiger partial charge in [0.15, 0.2) is 34.7 Å². The summed E-state index contributed by atoms with van der Waals surface area (Å²) in [6.07, 6.45) is 21.0. The first-order valence-corrected chi connectivity index (χ1v) is 31.1. The van der Waals surface area contributed by atoms with Crippen LogP contribution < -0.4 is 52.5 Å². The van der Waals surface area contributed by atoms with Crippen molar-refractivity contribution in [3.63, 3.8) is 0 Å². The van der Waals surface area contributed by atoms with Gasteiger partial charge < -0.3 is 67.5 Å². The number of hydrogen-bond donors (Lipinski definition) is 8. The molecule has 0 aromatic carbocycles. The van der Waals surface area contributed by atoms with Crippen molar-refractivity contribution in [3.05, 3.63) is 135 Å². The molecule has 3 unspecified atom stereocenters. The highest BCUT2D eigenvalue weighted by molar-refractivity contribution is 9.10. The van der Waals surface area contributed by atoms with Crippen LogP contribution in [0.15, 0.2) is 78.4 Å². The van der Waals surface area contributed by atoms with Crippen LogP contribution in [-0.4, -0.2) is 109 Å². The number of methoxy groups -OCH3 is 1. The predicted molar refractivity (Wildman–Crippen MR) is 363 cm³/mol. The van der Waals surface area contributed by atoms with Gasteiger partial charge in [-0.05, 0) is 97.3 Å². The highest BCUT2D eigenvalue weighted by atomic mass is 79.9. The van der Waals surface area contributed by atoms with E-state index in [4.69, 9.17) is 53.0 Å². The van der Waals surface area contributed by atoms with E-state index >= 15 is 0 Å². The standard InChI is InChI=1S/C17H25N5O3.C17H24N4O2.C16H22BrN5O2.C16H18N4/c1-5-11(9-23)21-17-20-8-14(16(18)22-17)25-13-6-15(24-4)19-7-12(13)10(2)3;1-6-22-11(4)14-7-15(13(8-20-14)10(2)3)23-16-9-19-12(5)21-17(16)18;1-4-10(8-23)21-16-20-7-13(15(18)22-16)24-12-5-14(17)19-6-11(12)9(2)3;1-5-14-7-12(15(9-19-14)10(2)3)6-13-8-18-11(4)20-16(13)17/h6-8,10-11,23H,5,9H2,1-4H3,(H3,18,20,21,22);7-11H,6H2,1-5H3,(H2,18,19,21);5-7,9-10,23H,4,8H2,1-3H3,(H3,18,20,21,22);1,7-10H,6H2,2-4H3,(H2,17,18,20). The van der Waals surface area contributed by atoms with Crippen molar-refractivity contribution >= 4 is 51.1 Å². The number of aliphatic hydroxyl groups excluding tert-OH is 2. The Kier molecular flexibility index (Phi) is 28.8. The first-order valence-electron chi connectivity index (χ1n) is 30.3. The molecule has 8 heterocycles. The lowest BCUT2D eigenvalue weighted by Gasteiger charge is -2.17. The van der Waals surface area contributed by atoms with E-state index < -0.39 is 0 Å². The summed E-state index contributed by atoms with van der Waals surface area (Å²) in [5.41, 5.74) is 31.4. The van der Waals surface area contributed by atoms with Crippen LogP contribution in [0, 0.1) is 26.2 Å². The SMILES string of the molecule is C#Cc1cc(Cc2cnc(C)nc2N)c(C(C)C)cn1.CCC(CO)Nc1ncc(Oc2cc(Br)ncc2C(C)C)c(N)n1.CCC(CO)Nc1ncc(Oc2cc(OC)ncc2C(C)C)c(N)n1.CCOC(C)c1cc(Oc2cnc(C)nc2N)c(C(C)C)cn1. The second kappa shape index (κ2) is 36.0. The molecule has 492 valence electrons. The normalized spacial score (nSPS) is 11.9. The van der Waals surface area contributed by atoms with Gasteiger partial charge in [-0.15, -0.1) is 6.42 Å². The van der Waals surface area contributed by atoms with E-state index in [1.54, 1.807) is 51.0 Å². The Hall–Kier alpha value is -9.16. The Balaban J connectivity index is 0.000000223. The minimum absolute atomic E-state index is 0.000800. The number of ether oxygens (including phenoxy) is 5. The Labute approximate surface area is 548 Å². The molecule has 92 heavy (non-hydrogen) atoms. The number of halogens is 1. The summed E-state index contributed by atoms with van der Waals surface area (Å²) < 4.78 is 29.2. The van der Waals surface area contributed by atoms with Crippen molar-refractivity contribution < 1.29 is 33.9 Å². The molecular formula is C66H89BrN18O7. The zero-order valence-corrected chi connectivity index (χ0v) is 56.9. The Morgan fingerprint density at radius 3 is 1.40 bits per heavy atom. The molecule has 0 saturated heterocycles. The summed E-state index contributed by atoms with van der Waals surface area (Å²) in [6, 6.07) is 7.10. The van der Waals surface area contributed by atoms with Gasteiger partial charge in [0.25, 0.3) is 0 Å². The van der Waals surface area contributed by atoms with E-state index in [-0.39, 0.29) is 60.8 Å². The Morgan fingerprint density at radius 2 is 0.957 bits per heavy atom. The van der Waals surface area contributed by atoms with Gasteiger partial charge in [0, 0.05) is 84.5 Å². The molecule has 25 nitrogen and oxygen atoms in total. The van der Waals surface area contributed by atoms with Crippen LogP contribution in [0.5, 0.6) is 40.4 Å². The quantitative estimate of drug-likeness (QED) is 0.0206. The van der Waals surface area contributed by atoms with Gasteiger partial charge in [-0.25, -0.2) is 44.9 Å². The van der Waals surface area contributed by atoms with Gasteiger partial charge >= 0.3 is 0 Å². The molecule has 0 aliphatic carbocycles. The third-order valence-electron chi connectivity index (χ3n) is 14.0. The summed E-state index contributed by atoms with van der Waals surface area (Å²) >= 11 is 3.34. The third kappa shape index (κ3) is 21.8. The maximum atomic E-state index is 9.25. The van der Waals surface area contributed by atoms with Gasteiger partial charge in [0.1, 0.15) is 45.0 Å². The van der Waals surface area contributed by atoms with Crippen molar-refractivity contribution in [2.24, 2.45) is 0 Å². The van der Waals surface area contributed by atoms with Crippen LogP contribution in [0.3, 0.4) is 0 Å². The molecule has 8 rings (SSSR count). The van der Waals surface area contributed by atoms with Crippen molar-refractivity contribution in [2.75, 3.05) is 60.5 Å². The molecule has 12 N–H and O–H groups in total. The molecule has 0 aliphatic rings. The number of pyridine rings is 4. The lowest BCUT2D eigenvalue weighted by atomic mass is 9.94. The molecule has 0 amide bonds. The molecule has 8 aromatic heterocycles. The average molecular weight is 1330 g/mol. The third-order valence-corrected chi connectivity index (χ3v) is 14.4. The Bertz CT molecular complexity index is 3700. The van der Waals surface area contributed by atoms with Crippen LogP contribution in [0.2, 0.25) is 0 Å². The summed E-state index contributed by atoms with van der Waals surface area (Å²) in [5.74, 6) is 10.5. The maximum Gasteiger partial charge on any atom is 0.225 e. The van der Waals surface area contributed by atoms with Crippen LogP contribution in [0.1, 0.15) is 182 Å². The fraction of sp³-hybridized carbons (Fsp3) is 0.424. The molecule has 0 radical (unpaired) electrons. The smallest absolute Gasteiger partial charge is 0.225 e. The number of aliphatic hydroxyl groups is 2. The second-order valence-electron chi connectivity index (χ2n) is 22.3. The molecule has 3 atom stereocenters. The van der Waals surface area contributed by atoms with E-state index in [0.29, 0.717) is 105 Å². The van der Waals surface area contributed by atoms with E-state index in [1.165, 1.54) is 18.0 Å². The highest BCUT2D eigenvalue weighted by Crippen LogP contribution is 2.37. The number of terminal acetylenes is 1. The number of nitrogens with one attached hydrogen (secondary N) is 2. The van der Waals surface area contributed by atoms with Gasteiger partial charge in [0.05, 0.1) is 62.8 Å². The predicted octanol–water partition coefficient (Wildman–Crippen LogP) is 12.1. The van der Waals surface area contributed by atoms with Crippen LogP contribution in [0.25, 0.3) is 0 Å². The van der Waals surface area contributed by atoms with Crippen LogP contribution in [0.4, 0.5) is 35.2 Å². The topological polar surface area (TPSA) is 369 Å². The molecule has 8 aromatic rings. The summed E-state index contributed by atoms with van der Waals surface area (Å²) in [5, 5.41) is 24.5. The fourth-order valence-corrected chi connectivity index (χ4v) is 8.87. The first-order chi connectivity index (χ1) is 43.8. The van der Waals surface area contributed by atoms with Gasteiger partial charge in [-0.2, -0.15) is 9.97 Å². The minimum Gasteiger partial charge on any atom is -0.481 e. The molecule has 0 bridgehead atoms. The van der Waals surface area contributed by atoms with Crippen molar-refractivity contribution in [1.82, 2.24) is 59.8 Å². The Morgan fingerprint density at radius 1 is 0.511 bits per heavy atom. The van der Waals surface area contributed by atoms with Crippen LogP contribution in [-0.2, 0) is 11.2 Å². The monoisotopic (exact) mass is 1320 g/mol. The number of aromatic nitrogens is 12.